The molecule has 1 saturated heterocycles. The molecule has 1 aromatic carbocycles. The molecule has 2 aromatic rings. The van der Waals surface area contributed by atoms with Crippen LogP contribution in [0.1, 0.15) is 35.3 Å². The van der Waals surface area contributed by atoms with Crippen LogP contribution in [0.4, 0.5) is 5.69 Å². The molecule has 1 fully saturated rings. The number of rotatable bonds is 6. The van der Waals surface area contributed by atoms with Gasteiger partial charge < -0.3 is 9.80 Å². The number of amides is 1. The molecule has 0 saturated carbocycles. The molecule has 0 aliphatic carbocycles. The normalized spacial score (nSPS) is 14.8. The Morgan fingerprint density at radius 2 is 1.79 bits per heavy atom. The van der Waals surface area contributed by atoms with E-state index in [-0.39, 0.29) is 10.8 Å². The van der Waals surface area contributed by atoms with Crippen molar-refractivity contribution in [2.75, 3.05) is 39.1 Å². The van der Waals surface area contributed by atoms with Gasteiger partial charge in [-0.1, -0.05) is 6.07 Å². The largest absolute Gasteiger partial charge is 0.371 e. The fraction of sp³-hybridized carbons (Fsp3) is 0.429. The average molecular weight is 417 g/mol. The third-order valence-electron chi connectivity index (χ3n) is 5.15. The lowest BCUT2D eigenvalue weighted by atomic mass is 10.1. The van der Waals surface area contributed by atoms with Crippen LogP contribution < -0.4 is 4.90 Å². The predicted octanol–water partition coefficient (Wildman–Crippen LogP) is 2.59. The standard InChI is InChI=1S/C21H28N4O3S/c1-23(2)29(27,28)18-10-11-20(25-13-7-4-8-14-25)19(15-18)21(26)24(3)16-17-9-5-6-12-22-17/h5-6,9-12,15H,4,7-8,13-14,16H2,1-3H3. The van der Waals surface area contributed by atoms with Gasteiger partial charge in [-0.2, -0.15) is 0 Å². The second-order valence-electron chi connectivity index (χ2n) is 7.50. The zero-order valence-electron chi connectivity index (χ0n) is 17.2. The Hall–Kier alpha value is -2.45. The van der Waals surface area contributed by atoms with Gasteiger partial charge in [0.15, 0.2) is 0 Å². The van der Waals surface area contributed by atoms with Crippen molar-refractivity contribution in [3.63, 3.8) is 0 Å². The molecule has 0 bridgehead atoms. The van der Waals surface area contributed by atoms with E-state index in [9.17, 15) is 13.2 Å². The number of carbonyl (C=O) groups is 1. The summed E-state index contributed by atoms with van der Waals surface area (Å²) in [6, 6.07) is 10.4. The molecule has 29 heavy (non-hydrogen) atoms. The van der Waals surface area contributed by atoms with Crippen LogP contribution in [0, 0.1) is 0 Å². The maximum atomic E-state index is 13.3. The molecule has 0 atom stereocenters. The monoisotopic (exact) mass is 416 g/mol. The Kier molecular flexibility index (Phi) is 6.54. The number of sulfonamides is 1. The van der Waals surface area contributed by atoms with Crippen LogP contribution in [0.5, 0.6) is 0 Å². The molecule has 1 aliphatic rings. The van der Waals surface area contributed by atoms with Crippen LogP contribution in [-0.2, 0) is 16.6 Å². The van der Waals surface area contributed by atoms with Gasteiger partial charge in [0.25, 0.3) is 5.91 Å². The predicted molar refractivity (Wildman–Crippen MR) is 113 cm³/mol. The van der Waals surface area contributed by atoms with E-state index < -0.39 is 10.0 Å². The van der Waals surface area contributed by atoms with E-state index >= 15 is 0 Å². The molecular weight excluding hydrogens is 388 g/mol. The van der Waals surface area contributed by atoms with Crippen molar-refractivity contribution >= 4 is 21.6 Å². The first-order valence-electron chi connectivity index (χ1n) is 9.77. The van der Waals surface area contributed by atoms with Crippen LogP contribution in [0.2, 0.25) is 0 Å². The minimum atomic E-state index is -3.63. The second-order valence-corrected chi connectivity index (χ2v) is 9.65. The van der Waals surface area contributed by atoms with E-state index in [1.807, 2.05) is 18.2 Å². The highest BCUT2D eigenvalue weighted by atomic mass is 32.2. The first-order chi connectivity index (χ1) is 13.8. The molecule has 0 radical (unpaired) electrons. The number of piperidine rings is 1. The lowest BCUT2D eigenvalue weighted by Gasteiger charge is -2.31. The van der Waals surface area contributed by atoms with Crippen LogP contribution in [-0.4, -0.2) is 62.7 Å². The van der Waals surface area contributed by atoms with Gasteiger partial charge >= 0.3 is 0 Å². The number of hydrogen-bond acceptors (Lipinski definition) is 5. The number of pyridine rings is 1. The van der Waals surface area contributed by atoms with E-state index in [2.05, 4.69) is 9.88 Å². The van der Waals surface area contributed by atoms with Crippen molar-refractivity contribution in [3.05, 3.63) is 53.9 Å². The summed E-state index contributed by atoms with van der Waals surface area (Å²) in [5.74, 6) is -0.216. The van der Waals surface area contributed by atoms with Crippen LogP contribution in [0.15, 0.2) is 47.5 Å². The lowest BCUT2D eigenvalue weighted by molar-refractivity contribution is 0.0783. The number of nitrogens with zero attached hydrogens (tertiary/aromatic N) is 4. The van der Waals surface area contributed by atoms with Gasteiger partial charge in [-0.15, -0.1) is 0 Å². The van der Waals surface area contributed by atoms with Crippen molar-refractivity contribution in [1.29, 1.82) is 0 Å². The number of benzene rings is 1. The Balaban J connectivity index is 1.99. The van der Waals surface area contributed by atoms with Gasteiger partial charge in [0.2, 0.25) is 10.0 Å². The smallest absolute Gasteiger partial charge is 0.256 e. The fourth-order valence-corrected chi connectivity index (χ4v) is 4.41. The first kappa shape index (κ1) is 21.3. The van der Waals surface area contributed by atoms with E-state index in [0.717, 1.165) is 41.6 Å². The van der Waals surface area contributed by atoms with Crippen LogP contribution >= 0.6 is 0 Å². The van der Waals surface area contributed by atoms with Crippen molar-refractivity contribution in [2.24, 2.45) is 0 Å². The number of aromatic nitrogens is 1. The van der Waals surface area contributed by atoms with Gasteiger partial charge in [-0.25, -0.2) is 12.7 Å². The van der Waals surface area contributed by atoms with Crippen molar-refractivity contribution < 1.29 is 13.2 Å². The maximum Gasteiger partial charge on any atom is 0.256 e. The van der Waals surface area contributed by atoms with Crippen molar-refractivity contribution in [1.82, 2.24) is 14.2 Å². The van der Waals surface area contributed by atoms with Gasteiger partial charge in [0, 0.05) is 46.1 Å². The molecule has 0 unspecified atom stereocenters. The molecule has 3 rings (SSSR count). The zero-order valence-corrected chi connectivity index (χ0v) is 18.0. The SMILES string of the molecule is CN(Cc1ccccn1)C(=O)c1cc(S(=O)(=O)N(C)C)ccc1N1CCCCC1. The summed E-state index contributed by atoms with van der Waals surface area (Å²) in [4.78, 5) is 21.5. The number of hydrogen-bond donors (Lipinski definition) is 0. The first-order valence-corrected chi connectivity index (χ1v) is 11.2. The molecular formula is C21H28N4O3S. The minimum Gasteiger partial charge on any atom is -0.371 e. The Labute approximate surface area is 173 Å². The molecule has 156 valence electrons. The summed E-state index contributed by atoms with van der Waals surface area (Å²) in [5, 5.41) is 0. The molecule has 1 aromatic heterocycles. The average Bonchev–Trinajstić information content (AvgIpc) is 2.74. The van der Waals surface area contributed by atoms with Crippen molar-refractivity contribution in [3.8, 4) is 0 Å². The highest BCUT2D eigenvalue weighted by Crippen LogP contribution is 2.29. The third kappa shape index (κ3) is 4.76. The maximum absolute atomic E-state index is 13.3. The number of carbonyl (C=O) groups excluding carboxylic acids is 1. The quantitative estimate of drug-likeness (QED) is 0.724. The van der Waals surface area contributed by atoms with E-state index in [0.29, 0.717) is 12.1 Å². The van der Waals surface area contributed by atoms with E-state index in [4.69, 9.17) is 0 Å². The Bertz CT molecular complexity index is 955. The van der Waals surface area contributed by atoms with E-state index in [1.165, 1.54) is 26.6 Å². The van der Waals surface area contributed by atoms with Gasteiger partial charge in [-0.3, -0.25) is 9.78 Å². The van der Waals surface area contributed by atoms with Gasteiger partial charge in [0.1, 0.15) is 0 Å². The molecule has 1 aliphatic heterocycles. The highest BCUT2D eigenvalue weighted by molar-refractivity contribution is 7.89. The second kappa shape index (κ2) is 8.92. The van der Waals surface area contributed by atoms with Crippen LogP contribution in [0.3, 0.4) is 0 Å². The third-order valence-corrected chi connectivity index (χ3v) is 6.96. The summed E-state index contributed by atoms with van der Waals surface area (Å²) in [6.45, 7) is 2.08. The number of anilines is 1. The van der Waals surface area contributed by atoms with Crippen LogP contribution in [0.25, 0.3) is 0 Å². The molecule has 2 heterocycles. The topological polar surface area (TPSA) is 73.8 Å². The Morgan fingerprint density at radius 3 is 2.41 bits per heavy atom. The molecule has 7 nitrogen and oxygen atoms in total. The zero-order chi connectivity index (χ0) is 21.0. The van der Waals surface area contributed by atoms with E-state index in [1.54, 1.807) is 30.3 Å². The van der Waals surface area contributed by atoms with Gasteiger partial charge in [-0.05, 0) is 49.6 Å². The summed E-state index contributed by atoms with van der Waals surface area (Å²) in [6.07, 6.45) is 4.99. The minimum absolute atomic E-state index is 0.123. The molecule has 1 amide bonds. The molecule has 0 spiro atoms. The van der Waals surface area contributed by atoms with Crippen molar-refractivity contribution in [2.45, 2.75) is 30.7 Å². The molecule has 0 N–H and O–H groups in total. The molecule has 8 heteroatoms. The summed E-state index contributed by atoms with van der Waals surface area (Å²) in [5.41, 5.74) is 1.98. The Morgan fingerprint density at radius 1 is 1.07 bits per heavy atom. The summed E-state index contributed by atoms with van der Waals surface area (Å²) >= 11 is 0. The lowest BCUT2D eigenvalue weighted by Crippen LogP contribution is -2.34. The fourth-order valence-electron chi connectivity index (χ4n) is 3.48. The summed E-state index contributed by atoms with van der Waals surface area (Å²) < 4.78 is 26.4. The highest BCUT2D eigenvalue weighted by Gasteiger charge is 2.25. The summed E-state index contributed by atoms with van der Waals surface area (Å²) in [7, 11) is 1.06. The van der Waals surface area contributed by atoms with Gasteiger partial charge in [0.05, 0.1) is 22.7 Å².